The average molecular weight is 280 g/mol. The van der Waals surface area contributed by atoms with E-state index >= 15 is 0 Å². The number of ether oxygens (including phenoxy) is 1. The van der Waals surface area contributed by atoms with Crippen LogP contribution in [0.1, 0.15) is 18.4 Å². The highest BCUT2D eigenvalue weighted by Crippen LogP contribution is 2.35. The summed E-state index contributed by atoms with van der Waals surface area (Å²) in [5, 5.41) is 9.72. The van der Waals surface area contributed by atoms with E-state index in [2.05, 4.69) is 0 Å². The Kier molecular flexibility index (Phi) is 4.98. The van der Waals surface area contributed by atoms with Crippen LogP contribution in [0, 0.1) is 0 Å². The maximum Gasteiger partial charge on any atom is 0.217 e. The molecule has 5 heteroatoms. The molecular formula is C15H21FN2O2. The van der Waals surface area contributed by atoms with Gasteiger partial charge in [0.05, 0.1) is 6.67 Å². The Balaban J connectivity index is 2.23. The van der Waals surface area contributed by atoms with Crippen LogP contribution in [-0.4, -0.2) is 38.2 Å². The maximum atomic E-state index is 12.2. The predicted molar refractivity (Wildman–Crippen MR) is 78.6 cm³/mol. The summed E-state index contributed by atoms with van der Waals surface area (Å²) in [5.41, 5.74) is 8.49. The van der Waals surface area contributed by atoms with Crippen LogP contribution in [0.4, 0.5) is 10.1 Å². The van der Waals surface area contributed by atoms with Crippen LogP contribution in [0.5, 0.6) is 5.75 Å². The Morgan fingerprint density at radius 3 is 2.95 bits per heavy atom. The van der Waals surface area contributed by atoms with Crippen LogP contribution in [-0.2, 0) is 0 Å². The van der Waals surface area contributed by atoms with Crippen molar-refractivity contribution in [2.75, 3.05) is 31.7 Å². The number of aliphatic hydroxyl groups is 1. The normalized spacial score (nSPS) is 17.2. The van der Waals surface area contributed by atoms with Gasteiger partial charge in [-0.1, -0.05) is 0 Å². The summed E-state index contributed by atoms with van der Waals surface area (Å²) in [6, 6.07) is 5.81. The van der Waals surface area contributed by atoms with Crippen molar-refractivity contribution in [2.24, 2.45) is 5.73 Å². The lowest BCUT2D eigenvalue weighted by atomic mass is 9.98. The number of hydrogen-bond acceptors (Lipinski definition) is 4. The second-order valence-electron chi connectivity index (χ2n) is 4.88. The molecule has 0 fully saturated rings. The van der Waals surface area contributed by atoms with Crippen molar-refractivity contribution < 1.29 is 14.2 Å². The van der Waals surface area contributed by atoms with Crippen molar-refractivity contribution in [1.82, 2.24) is 0 Å². The summed E-state index contributed by atoms with van der Waals surface area (Å²) in [6.07, 6.45) is 1.94. The summed E-state index contributed by atoms with van der Waals surface area (Å²) in [7, 11) is 1.91. The lowest BCUT2D eigenvalue weighted by Gasteiger charge is -2.25. The van der Waals surface area contributed by atoms with Gasteiger partial charge in [0.1, 0.15) is 5.75 Å². The molecule has 110 valence electrons. The van der Waals surface area contributed by atoms with Gasteiger partial charge in [0.25, 0.3) is 0 Å². The fourth-order valence-electron chi connectivity index (χ4n) is 2.34. The fraction of sp³-hybridized carbons (Fsp3) is 0.467. The summed E-state index contributed by atoms with van der Waals surface area (Å²) < 4.78 is 17.7. The van der Waals surface area contributed by atoms with Gasteiger partial charge in [-0.05, 0) is 43.2 Å². The molecule has 0 bridgehead atoms. The molecule has 0 saturated heterocycles. The Hall–Kier alpha value is -1.59. The molecule has 0 saturated carbocycles. The quantitative estimate of drug-likeness (QED) is 0.836. The van der Waals surface area contributed by atoms with E-state index in [9.17, 15) is 9.50 Å². The van der Waals surface area contributed by atoms with Crippen LogP contribution < -0.4 is 15.4 Å². The molecule has 1 unspecified atom stereocenters. The highest BCUT2D eigenvalue weighted by molar-refractivity contribution is 5.75. The Morgan fingerprint density at radius 1 is 1.45 bits per heavy atom. The standard InChI is InChI=1S/C15H21FN2O2/c1-18(8-2-6-16)12-3-4-13-11(5-7-17)9-15(19)20-14(13)10-12/h3-4,9-10,15,19H,2,5-8,17H2,1H3. The number of nitrogens with two attached hydrogens (primary N) is 1. The smallest absolute Gasteiger partial charge is 0.217 e. The van der Waals surface area contributed by atoms with E-state index in [0.29, 0.717) is 31.7 Å². The molecular weight excluding hydrogens is 259 g/mol. The van der Waals surface area contributed by atoms with Gasteiger partial charge in [0.2, 0.25) is 6.29 Å². The van der Waals surface area contributed by atoms with Gasteiger partial charge in [-0.25, -0.2) is 0 Å². The van der Waals surface area contributed by atoms with Crippen molar-refractivity contribution in [3.8, 4) is 5.75 Å². The molecule has 1 aromatic carbocycles. The topological polar surface area (TPSA) is 58.7 Å². The van der Waals surface area contributed by atoms with Gasteiger partial charge in [0, 0.05) is 30.9 Å². The molecule has 0 aliphatic carbocycles. The lowest BCUT2D eigenvalue weighted by Crippen LogP contribution is -2.21. The third-order valence-corrected chi connectivity index (χ3v) is 3.38. The highest BCUT2D eigenvalue weighted by atomic mass is 19.1. The number of benzene rings is 1. The van der Waals surface area contributed by atoms with Gasteiger partial charge in [-0.15, -0.1) is 0 Å². The number of rotatable bonds is 6. The van der Waals surface area contributed by atoms with Gasteiger partial charge in [-0.3, -0.25) is 4.39 Å². The highest BCUT2D eigenvalue weighted by Gasteiger charge is 2.19. The minimum absolute atomic E-state index is 0.326. The summed E-state index contributed by atoms with van der Waals surface area (Å²) in [6.45, 7) is 0.841. The number of alkyl halides is 1. The second kappa shape index (κ2) is 6.72. The maximum absolute atomic E-state index is 12.2. The number of anilines is 1. The van der Waals surface area contributed by atoms with Gasteiger partial charge in [0.15, 0.2) is 0 Å². The minimum Gasteiger partial charge on any atom is -0.461 e. The van der Waals surface area contributed by atoms with E-state index in [1.165, 1.54) is 0 Å². The molecule has 3 N–H and O–H groups in total. The number of hydrogen-bond donors (Lipinski definition) is 2. The third-order valence-electron chi connectivity index (χ3n) is 3.38. The SMILES string of the molecule is CN(CCCF)c1ccc2c(c1)OC(O)C=C2CCN. The summed E-state index contributed by atoms with van der Waals surface area (Å²) in [4.78, 5) is 1.97. The molecule has 1 heterocycles. The van der Waals surface area contributed by atoms with E-state index in [-0.39, 0.29) is 6.67 Å². The zero-order valence-electron chi connectivity index (χ0n) is 11.7. The lowest BCUT2D eigenvalue weighted by molar-refractivity contribution is 0.0224. The minimum atomic E-state index is -0.935. The molecule has 0 aromatic heterocycles. The number of nitrogens with zero attached hydrogens (tertiary/aromatic N) is 1. The van der Waals surface area contributed by atoms with E-state index < -0.39 is 6.29 Å². The average Bonchev–Trinajstić information content (AvgIpc) is 2.44. The van der Waals surface area contributed by atoms with Crippen LogP contribution >= 0.6 is 0 Å². The molecule has 0 spiro atoms. The molecule has 0 radical (unpaired) electrons. The van der Waals surface area contributed by atoms with Crippen molar-refractivity contribution in [1.29, 1.82) is 0 Å². The fourth-order valence-corrected chi connectivity index (χ4v) is 2.34. The first-order valence-corrected chi connectivity index (χ1v) is 6.82. The van der Waals surface area contributed by atoms with Crippen molar-refractivity contribution >= 4 is 11.3 Å². The van der Waals surface area contributed by atoms with Crippen molar-refractivity contribution in [2.45, 2.75) is 19.1 Å². The molecule has 1 aliphatic heterocycles. The monoisotopic (exact) mass is 280 g/mol. The van der Waals surface area contributed by atoms with Crippen molar-refractivity contribution in [3.05, 3.63) is 29.8 Å². The van der Waals surface area contributed by atoms with E-state index in [1.54, 1.807) is 6.08 Å². The zero-order chi connectivity index (χ0) is 14.5. The molecule has 4 nitrogen and oxygen atoms in total. The number of fused-ring (bicyclic) bond motifs is 1. The molecule has 1 atom stereocenters. The summed E-state index contributed by atoms with van der Waals surface area (Å²) >= 11 is 0. The van der Waals surface area contributed by atoms with E-state index in [4.69, 9.17) is 10.5 Å². The Labute approximate surface area is 118 Å². The van der Waals surface area contributed by atoms with Gasteiger partial charge >= 0.3 is 0 Å². The molecule has 2 rings (SSSR count). The van der Waals surface area contributed by atoms with Gasteiger partial charge < -0.3 is 20.5 Å². The Bertz CT molecular complexity index is 491. The first-order valence-electron chi connectivity index (χ1n) is 6.82. The second-order valence-corrected chi connectivity index (χ2v) is 4.88. The number of aliphatic hydroxyl groups excluding tert-OH is 1. The molecule has 0 amide bonds. The van der Waals surface area contributed by atoms with E-state index in [0.717, 1.165) is 16.8 Å². The third kappa shape index (κ3) is 3.29. The largest absolute Gasteiger partial charge is 0.461 e. The Morgan fingerprint density at radius 2 is 2.25 bits per heavy atom. The van der Waals surface area contributed by atoms with Crippen molar-refractivity contribution in [3.63, 3.8) is 0 Å². The first-order chi connectivity index (χ1) is 9.65. The first kappa shape index (κ1) is 14.8. The molecule has 1 aliphatic rings. The van der Waals surface area contributed by atoms with Crippen LogP contribution in [0.15, 0.2) is 24.3 Å². The summed E-state index contributed by atoms with van der Waals surface area (Å²) in [5.74, 6) is 0.646. The number of halogens is 1. The predicted octanol–water partition coefficient (Wildman–Crippen LogP) is 1.93. The molecule has 1 aromatic rings. The van der Waals surface area contributed by atoms with Gasteiger partial charge in [-0.2, -0.15) is 0 Å². The van der Waals surface area contributed by atoms with Crippen LogP contribution in [0.2, 0.25) is 0 Å². The molecule has 20 heavy (non-hydrogen) atoms. The van der Waals surface area contributed by atoms with E-state index in [1.807, 2.05) is 30.1 Å². The zero-order valence-corrected chi connectivity index (χ0v) is 11.7. The van der Waals surface area contributed by atoms with Crippen LogP contribution in [0.25, 0.3) is 5.57 Å². The van der Waals surface area contributed by atoms with Crippen LogP contribution in [0.3, 0.4) is 0 Å².